The van der Waals surface area contributed by atoms with Crippen molar-refractivity contribution in [1.29, 1.82) is 0 Å². The van der Waals surface area contributed by atoms with E-state index in [2.05, 4.69) is 91.0 Å². The zero-order valence-corrected chi connectivity index (χ0v) is 16.4. The second kappa shape index (κ2) is 9.68. The Morgan fingerprint density at radius 1 is 0.333 bits per heavy atom. The van der Waals surface area contributed by atoms with Gasteiger partial charge in [-0.2, -0.15) is 0 Å². The molecule has 1 aliphatic rings. The van der Waals surface area contributed by atoms with Crippen LogP contribution in [0.5, 0.6) is 0 Å². The van der Waals surface area contributed by atoms with Crippen LogP contribution in [0.3, 0.4) is 0 Å². The van der Waals surface area contributed by atoms with Crippen LogP contribution in [0.25, 0.3) is 0 Å². The van der Waals surface area contributed by atoms with Crippen molar-refractivity contribution in [3.63, 3.8) is 0 Å². The minimum atomic E-state index is -1.98. The average molecular weight is 415 g/mol. The molecule has 3 aromatic carbocycles. The summed E-state index contributed by atoms with van der Waals surface area (Å²) in [6, 6.07) is 32.9. The molecule has 1 heteroatoms. The Kier molecular flexibility index (Phi) is 6.97. The Morgan fingerprint density at radius 3 is 0.833 bits per heavy atom. The Labute approximate surface area is 153 Å². The number of hydrogen-bond acceptors (Lipinski definition) is 0. The van der Waals surface area contributed by atoms with Crippen LogP contribution in [0.15, 0.2) is 91.0 Å². The van der Waals surface area contributed by atoms with Crippen LogP contribution in [-0.4, -0.2) is 19.8 Å². The molecule has 1 saturated carbocycles. The molecule has 0 nitrogen and oxygen atoms in total. The maximum absolute atomic E-state index is 2.29. The van der Waals surface area contributed by atoms with E-state index in [0.717, 1.165) is 0 Å². The second-order valence-corrected chi connectivity index (χ2v) is 12.5. The summed E-state index contributed by atoms with van der Waals surface area (Å²) in [6.07, 6.45) is 10.0. The third-order valence-electron chi connectivity index (χ3n) is 3.74. The molecule has 0 saturated heterocycles. The van der Waals surface area contributed by atoms with Crippen LogP contribution in [0.2, 0.25) is 0 Å². The van der Waals surface area contributed by atoms with Crippen LogP contribution in [0.1, 0.15) is 0 Å². The zero-order valence-electron chi connectivity index (χ0n) is 13.5. The van der Waals surface area contributed by atoms with Crippen LogP contribution in [0.4, 0.5) is 0 Å². The topological polar surface area (TPSA) is 0 Å². The molecule has 0 N–H and O–H groups in total. The summed E-state index contributed by atoms with van der Waals surface area (Å²) in [5.41, 5.74) is 0. The average Bonchev–Trinajstić information content (AvgIpc) is 3.25. The van der Waals surface area contributed by atoms with E-state index in [1.54, 1.807) is 0 Å². The maximum atomic E-state index is 2.29. The second-order valence-electron chi connectivity index (χ2n) is 5.44. The van der Waals surface area contributed by atoms with E-state index >= 15 is 0 Å². The van der Waals surface area contributed by atoms with E-state index in [1.165, 1.54) is 10.7 Å². The molecule has 0 heterocycles. The van der Waals surface area contributed by atoms with Crippen LogP contribution < -0.4 is 10.7 Å². The molecule has 0 amide bonds. The normalized spacial score (nSPS) is 13.0. The summed E-state index contributed by atoms with van der Waals surface area (Å²) in [5, 5.41) is 0. The van der Waals surface area contributed by atoms with E-state index in [9.17, 15) is 0 Å². The van der Waals surface area contributed by atoms with Gasteiger partial charge in [-0.25, -0.2) is 0 Å². The fraction of sp³-hybridized carbons (Fsp3) is 0. The predicted octanol–water partition coefficient (Wildman–Crippen LogP) is 3.22. The summed E-state index contributed by atoms with van der Waals surface area (Å²) >= 11 is -1.98. The van der Waals surface area contributed by atoms with Crippen molar-refractivity contribution in [1.82, 2.24) is 0 Å². The van der Waals surface area contributed by atoms with Gasteiger partial charge in [-0.05, 0) is 32.1 Å². The zero-order chi connectivity index (χ0) is 16.5. The molecule has 0 unspecified atom stereocenters. The van der Waals surface area contributed by atoms with Crippen molar-refractivity contribution in [2.24, 2.45) is 0 Å². The Morgan fingerprint density at radius 2 is 0.583 bits per heavy atom. The molecule has 0 atom stereocenters. The van der Waals surface area contributed by atoms with Gasteiger partial charge in [-0.3, -0.25) is 0 Å². The molecule has 0 spiro atoms. The molecule has 24 heavy (non-hydrogen) atoms. The van der Waals surface area contributed by atoms with Crippen molar-refractivity contribution < 1.29 is 0 Å². The Balaban J connectivity index is 0.000000290. The van der Waals surface area contributed by atoms with Gasteiger partial charge in [0.1, 0.15) is 0 Å². The summed E-state index contributed by atoms with van der Waals surface area (Å²) in [5.74, 6) is 0. The molecule has 5 radical (unpaired) electrons. The number of benzene rings is 3. The monoisotopic (exact) mass is 416 g/mol. The molecular formula is C23H20Sn+. The van der Waals surface area contributed by atoms with Gasteiger partial charge >= 0.3 is 121 Å². The SMILES string of the molecule is [CH]1[CH][CH][CH][CH]1.c1cc[c]([Sn+]([c]2ccccc2)[c]2ccccc2)cc1. The molecule has 1 aliphatic carbocycles. The van der Waals surface area contributed by atoms with Crippen molar-refractivity contribution >= 4 is 30.5 Å². The van der Waals surface area contributed by atoms with Crippen LogP contribution in [-0.2, 0) is 0 Å². The van der Waals surface area contributed by atoms with Gasteiger partial charge in [0.2, 0.25) is 0 Å². The number of rotatable bonds is 3. The van der Waals surface area contributed by atoms with Crippen molar-refractivity contribution in [3.8, 4) is 0 Å². The molecule has 0 aromatic heterocycles. The summed E-state index contributed by atoms with van der Waals surface area (Å²) in [6.45, 7) is 0. The molecule has 115 valence electrons. The molecule has 4 rings (SSSR count). The Bertz CT molecular complexity index is 586. The quantitative estimate of drug-likeness (QED) is 0.577. The van der Waals surface area contributed by atoms with Gasteiger partial charge in [0.05, 0.1) is 0 Å². The summed E-state index contributed by atoms with van der Waals surface area (Å²) < 4.78 is 4.59. The Hall–Kier alpha value is -1.54. The van der Waals surface area contributed by atoms with E-state index < -0.39 is 19.8 Å². The molecule has 3 aromatic rings. The van der Waals surface area contributed by atoms with Gasteiger partial charge < -0.3 is 0 Å². The van der Waals surface area contributed by atoms with Crippen LogP contribution >= 0.6 is 0 Å². The van der Waals surface area contributed by atoms with Gasteiger partial charge in [-0.1, -0.05) is 0 Å². The fourth-order valence-electron chi connectivity index (χ4n) is 2.64. The van der Waals surface area contributed by atoms with Gasteiger partial charge in [0.15, 0.2) is 0 Å². The first-order valence-electron chi connectivity index (χ1n) is 8.15. The van der Waals surface area contributed by atoms with E-state index in [1.807, 2.05) is 32.1 Å². The van der Waals surface area contributed by atoms with E-state index in [-0.39, 0.29) is 0 Å². The minimum absolute atomic E-state index is 1.53. The van der Waals surface area contributed by atoms with Gasteiger partial charge in [-0.15, -0.1) is 0 Å². The summed E-state index contributed by atoms with van der Waals surface area (Å²) in [4.78, 5) is 0. The van der Waals surface area contributed by atoms with E-state index in [4.69, 9.17) is 0 Å². The first-order valence-corrected chi connectivity index (χ1v) is 12.4. The third-order valence-corrected chi connectivity index (χ3v) is 11.5. The molecule has 1 fully saturated rings. The fourth-order valence-corrected chi connectivity index (χ4v) is 9.99. The van der Waals surface area contributed by atoms with Crippen molar-refractivity contribution in [3.05, 3.63) is 123 Å². The molecular weight excluding hydrogens is 395 g/mol. The van der Waals surface area contributed by atoms with E-state index in [0.29, 0.717) is 0 Å². The van der Waals surface area contributed by atoms with Crippen LogP contribution in [0, 0.1) is 32.1 Å². The first-order chi connectivity index (χ1) is 11.9. The predicted molar refractivity (Wildman–Crippen MR) is 105 cm³/mol. The third kappa shape index (κ3) is 4.98. The standard InChI is InChI=1S/3C6H5.C5H5.Sn/c3*1-2-4-6-5-3-1;1-2-4-5-3-1;/h3*1-5H;1-5H;/q;;;;+1. The van der Waals surface area contributed by atoms with Gasteiger partial charge in [0.25, 0.3) is 0 Å². The molecule has 0 aliphatic heterocycles. The van der Waals surface area contributed by atoms with Crippen molar-refractivity contribution in [2.75, 3.05) is 0 Å². The first kappa shape index (κ1) is 17.3. The summed E-state index contributed by atoms with van der Waals surface area (Å²) in [7, 11) is 0. The van der Waals surface area contributed by atoms with Gasteiger partial charge in [0, 0.05) is 0 Å². The van der Waals surface area contributed by atoms with Crippen molar-refractivity contribution in [2.45, 2.75) is 0 Å². The number of hydrogen-bond donors (Lipinski definition) is 0. The molecule has 0 bridgehead atoms.